The van der Waals surface area contributed by atoms with Crippen molar-refractivity contribution in [3.63, 3.8) is 0 Å². The van der Waals surface area contributed by atoms with Crippen molar-refractivity contribution in [3.8, 4) is 5.69 Å². The zero-order valence-corrected chi connectivity index (χ0v) is 19.7. The lowest BCUT2D eigenvalue weighted by molar-refractivity contribution is -0.130. The van der Waals surface area contributed by atoms with Crippen LogP contribution >= 0.6 is 11.8 Å². The number of rotatable bonds is 6. The molecular formula is C21H31N7O2S. The maximum Gasteiger partial charge on any atom is 0.234 e. The molecule has 0 unspecified atom stereocenters. The van der Waals surface area contributed by atoms with Crippen LogP contribution in [0.2, 0.25) is 0 Å². The first-order valence-electron chi connectivity index (χ1n) is 10.4. The Morgan fingerprint density at radius 3 is 2.52 bits per heavy atom. The molecule has 0 aliphatic carbocycles. The standard InChI is InChI=1S/C21H31N7O2S/c1-15-6-7-16(2)17(12-15)28-20(23-24-25-28)31-14-19(30)27-10-8-26(9-11-27)13-18(29)22-21(3,4)5/h6-7,12H,8-11,13-14H2,1-5H3,(H,22,29). The first-order valence-corrected chi connectivity index (χ1v) is 11.4. The van der Waals surface area contributed by atoms with E-state index in [2.05, 4.69) is 25.7 Å². The van der Waals surface area contributed by atoms with Crippen LogP contribution in [-0.2, 0) is 9.59 Å². The number of nitrogens with one attached hydrogen (secondary N) is 1. The summed E-state index contributed by atoms with van der Waals surface area (Å²) in [5, 5.41) is 15.6. The Labute approximate surface area is 187 Å². The minimum absolute atomic E-state index is 0.0149. The molecule has 0 atom stereocenters. The molecule has 31 heavy (non-hydrogen) atoms. The highest BCUT2D eigenvalue weighted by atomic mass is 32.2. The minimum Gasteiger partial charge on any atom is -0.350 e. The monoisotopic (exact) mass is 445 g/mol. The van der Waals surface area contributed by atoms with Crippen molar-refractivity contribution in [1.82, 2.24) is 35.3 Å². The van der Waals surface area contributed by atoms with Crippen LogP contribution in [0.4, 0.5) is 0 Å². The molecule has 3 rings (SSSR count). The molecule has 168 valence electrons. The molecule has 1 N–H and O–H groups in total. The fourth-order valence-corrected chi connectivity index (χ4v) is 4.19. The summed E-state index contributed by atoms with van der Waals surface area (Å²) in [6, 6.07) is 6.12. The van der Waals surface area contributed by atoms with Gasteiger partial charge in [-0.1, -0.05) is 23.9 Å². The molecule has 0 spiro atoms. The molecule has 1 aliphatic rings. The van der Waals surface area contributed by atoms with Gasteiger partial charge < -0.3 is 10.2 Å². The Morgan fingerprint density at radius 1 is 1.13 bits per heavy atom. The average molecular weight is 446 g/mol. The number of hydrogen-bond donors (Lipinski definition) is 1. The Hall–Kier alpha value is -2.46. The van der Waals surface area contributed by atoms with Gasteiger partial charge in [0.05, 0.1) is 18.0 Å². The third-order valence-electron chi connectivity index (χ3n) is 4.97. The van der Waals surface area contributed by atoms with E-state index in [1.165, 1.54) is 11.8 Å². The summed E-state index contributed by atoms with van der Waals surface area (Å²) >= 11 is 1.34. The predicted molar refractivity (Wildman–Crippen MR) is 120 cm³/mol. The number of benzene rings is 1. The number of aryl methyl sites for hydroxylation is 2. The van der Waals surface area contributed by atoms with E-state index >= 15 is 0 Å². The van der Waals surface area contributed by atoms with Gasteiger partial charge in [0, 0.05) is 31.7 Å². The molecule has 10 heteroatoms. The van der Waals surface area contributed by atoms with Crippen LogP contribution in [0.5, 0.6) is 0 Å². The molecule has 2 heterocycles. The third kappa shape index (κ3) is 6.51. The van der Waals surface area contributed by atoms with Crippen LogP contribution in [0.1, 0.15) is 31.9 Å². The second-order valence-electron chi connectivity index (χ2n) is 8.91. The summed E-state index contributed by atoms with van der Waals surface area (Å²) in [6.45, 7) is 12.9. The zero-order valence-electron chi connectivity index (χ0n) is 18.9. The first-order chi connectivity index (χ1) is 14.6. The number of carbonyl (C=O) groups excluding carboxylic acids is 2. The third-order valence-corrected chi connectivity index (χ3v) is 5.87. The molecule has 1 aliphatic heterocycles. The molecular weight excluding hydrogens is 414 g/mol. The molecule has 0 saturated carbocycles. The minimum atomic E-state index is -0.238. The lowest BCUT2D eigenvalue weighted by Crippen LogP contribution is -2.53. The van der Waals surface area contributed by atoms with Gasteiger partial charge in [-0.2, -0.15) is 4.68 Å². The zero-order chi connectivity index (χ0) is 22.6. The molecule has 1 aromatic carbocycles. The molecule has 1 saturated heterocycles. The first kappa shape index (κ1) is 23.2. The van der Waals surface area contributed by atoms with E-state index in [0.717, 1.165) is 16.8 Å². The Morgan fingerprint density at radius 2 is 1.84 bits per heavy atom. The molecule has 0 bridgehead atoms. The Balaban J connectivity index is 1.50. The van der Waals surface area contributed by atoms with Crippen LogP contribution in [0, 0.1) is 13.8 Å². The van der Waals surface area contributed by atoms with Crippen molar-refractivity contribution < 1.29 is 9.59 Å². The van der Waals surface area contributed by atoms with E-state index < -0.39 is 0 Å². The van der Waals surface area contributed by atoms with Gasteiger partial charge in [-0.15, -0.1) is 5.10 Å². The molecule has 2 aromatic rings. The van der Waals surface area contributed by atoms with Crippen molar-refractivity contribution in [2.24, 2.45) is 0 Å². The van der Waals surface area contributed by atoms with Gasteiger partial charge in [-0.05, 0) is 62.2 Å². The highest BCUT2D eigenvalue weighted by Gasteiger charge is 2.24. The maximum absolute atomic E-state index is 12.7. The van der Waals surface area contributed by atoms with Gasteiger partial charge in [0.1, 0.15) is 0 Å². The lowest BCUT2D eigenvalue weighted by Gasteiger charge is -2.34. The summed E-state index contributed by atoms with van der Waals surface area (Å²) in [6.07, 6.45) is 0. The van der Waals surface area contributed by atoms with E-state index in [9.17, 15) is 9.59 Å². The predicted octanol–water partition coefficient (Wildman–Crippen LogP) is 1.43. The van der Waals surface area contributed by atoms with Gasteiger partial charge >= 0.3 is 0 Å². The Kier molecular flexibility index (Phi) is 7.32. The van der Waals surface area contributed by atoms with Crippen LogP contribution in [-0.4, -0.2) is 85.8 Å². The molecule has 0 radical (unpaired) electrons. The number of nitrogens with zero attached hydrogens (tertiary/aromatic N) is 6. The second-order valence-corrected chi connectivity index (χ2v) is 9.85. The highest BCUT2D eigenvalue weighted by molar-refractivity contribution is 7.99. The number of carbonyl (C=O) groups is 2. The van der Waals surface area contributed by atoms with E-state index in [1.54, 1.807) is 4.68 Å². The molecule has 1 aromatic heterocycles. The van der Waals surface area contributed by atoms with E-state index in [4.69, 9.17) is 0 Å². The summed E-state index contributed by atoms with van der Waals surface area (Å²) in [4.78, 5) is 28.7. The van der Waals surface area contributed by atoms with Crippen molar-refractivity contribution in [2.45, 2.75) is 45.3 Å². The highest BCUT2D eigenvalue weighted by Crippen LogP contribution is 2.22. The maximum atomic E-state index is 12.7. The molecule has 2 amide bonds. The van der Waals surface area contributed by atoms with Crippen LogP contribution < -0.4 is 5.32 Å². The summed E-state index contributed by atoms with van der Waals surface area (Å²) in [5.74, 6) is 0.343. The number of tetrazole rings is 1. The SMILES string of the molecule is Cc1ccc(C)c(-n2nnnc2SCC(=O)N2CCN(CC(=O)NC(C)(C)C)CC2)c1. The van der Waals surface area contributed by atoms with Crippen LogP contribution in [0.3, 0.4) is 0 Å². The topological polar surface area (TPSA) is 96.2 Å². The smallest absolute Gasteiger partial charge is 0.234 e. The summed E-state index contributed by atoms with van der Waals surface area (Å²) in [7, 11) is 0. The van der Waals surface area contributed by atoms with Crippen molar-refractivity contribution >= 4 is 23.6 Å². The van der Waals surface area contributed by atoms with Gasteiger partial charge in [0.15, 0.2) is 0 Å². The number of piperazine rings is 1. The Bertz CT molecular complexity index is 930. The summed E-state index contributed by atoms with van der Waals surface area (Å²) in [5.41, 5.74) is 2.87. The van der Waals surface area contributed by atoms with Crippen molar-refractivity contribution in [3.05, 3.63) is 29.3 Å². The molecule has 1 fully saturated rings. The fraction of sp³-hybridized carbons (Fsp3) is 0.571. The van der Waals surface area contributed by atoms with Gasteiger partial charge in [-0.3, -0.25) is 14.5 Å². The number of aromatic nitrogens is 4. The van der Waals surface area contributed by atoms with E-state index in [-0.39, 0.29) is 23.1 Å². The lowest BCUT2D eigenvalue weighted by atomic mass is 10.1. The van der Waals surface area contributed by atoms with Crippen LogP contribution in [0.15, 0.2) is 23.4 Å². The van der Waals surface area contributed by atoms with E-state index in [1.807, 2.05) is 57.7 Å². The number of amides is 2. The fourth-order valence-electron chi connectivity index (χ4n) is 3.40. The molecule has 9 nitrogen and oxygen atoms in total. The average Bonchev–Trinajstić information content (AvgIpc) is 3.15. The summed E-state index contributed by atoms with van der Waals surface area (Å²) < 4.78 is 1.69. The quantitative estimate of drug-likeness (QED) is 0.672. The van der Waals surface area contributed by atoms with E-state index in [0.29, 0.717) is 37.9 Å². The second kappa shape index (κ2) is 9.78. The van der Waals surface area contributed by atoms with Gasteiger partial charge in [-0.25, -0.2) is 0 Å². The normalized spacial score (nSPS) is 15.2. The van der Waals surface area contributed by atoms with Crippen molar-refractivity contribution in [2.75, 3.05) is 38.5 Å². The number of thioether (sulfide) groups is 1. The van der Waals surface area contributed by atoms with Gasteiger partial charge in [0.25, 0.3) is 0 Å². The van der Waals surface area contributed by atoms with Gasteiger partial charge in [0.2, 0.25) is 17.0 Å². The van der Waals surface area contributed by atoms with Crippen molar-refractivity contribution in [1.29, 1.82) is 0 Å². The number of hydrogen-bond acceptors (Lipinski definition) is 7. The largest absolute Gasteiger partial charge is 0.350 e. The van der Waals surface area contributed by atoms with Crippen LogP contribution in [0.25, 0.3) is 5.69 Å².